The summed E-state index contributed by atoms with van der Waals surface area (Å²) >= 11 is 0. The van der Waals surface area contributed by atoms with E-state index in [9.17, 15) is 4.79 Å². The standard InChI is InChI=1S/C30H26N2O/c1-32(22-11-3-2-4-12-22)30(33)21-17-18-28-27(19-21)24-14-8-16-26(24)29(31-28)25-15-7-10-20-9-5-6-13-23(20)25/h2-15,17-19,24,26,29,31H,16H2,1H3. The van der Waals surface area contributed by atoms with Gasteiger partial charge in [0.15, 0.2) is 0 Å². The molecule has 162 valence electrons. The smallest absolute Gasteiger partial charge is 0.258 e. The zero-order chi connectivity index (χ0) is 22.4. The molecule has 0 saturated carbocycles. The first-order valence-corrected chi connectivity index (χ1v) is 11.6. The van der Waals surface area contributed by atoms with Crippen molar-refractivity contribution in [2.75, 3.05) is 17.3 Å². The molecule has 4 aromatic carbocycles. The first-order valence-electron chi connectivity index (χ1n) is 11.6. The Morgan fingerprint density at radius 1 is 0.879 bits per heavy atom. The van der Waals surface area contributed by atoms with Crippen molar-refractivity contribution < 1.29 is 4.79 Å². The van der Waals surface area contributed by atoms with E-state index in [2.05, 4.69) is 72.1 Å². The molecule has 0 saturated heterocycles. The molecule has 1 N–H and O–H groups in total. The molecule has 0 spiro atoms. The van der Waals surface area contributed by atoms with E-state index < -0.39 is 0 Å². The van der Waals surface area contributed by atoms with Crippen LogP contribution in [0.5, 0.6) is 0 Å². The summed E-state index contributed by atoms with van der Waals surface area (Å²) in [5.41, 5.74) is 5.32. The van der Waals surface area contributed by atoms with Crippen LogP contribution in [0.1, 0.15) is 39.9 Å². The molecule has 3 unspecified atom stereocenters. The van der Waals surface area contributed by atoms with Crippen molar-refractivity contribution in [2.45, 2.75) is 18.4 Å². The molecule has 3 atom stereocenters. The maximum Gasteiger partial charge on any atom is 0.258 e. The SMILES string of the molecule is CN(C(=O)c1ccc2c(c1)C1C=CCC1C(c1cccc3ccccc13)N2)c1ccccc1. The lowest BCUT2D eigenvalue weighted by molar-refractivity contribution is 0.0993. The number of para-hydroxylation sites is 1. The third kappa shape index (κ3) is 3.32. The van der Waals surface area contributed by atoms with Crippen molar-refractivity contribution in [3.8, 4) is 0 Å². The van der Waals surface area contributed by atoms with Crippen LogP contribution in [-0.2, 0) is 0 Å². The molecule has 0 fully saturated rings. The number of anilines is 2. The van der Waals surface area contributed by atoms with Gasteiger partial charge >= 0.3 is 0 Å². The van der Waals surface area contributed by atoms with Crippen LogP contribution in [0.2, 0.25) is 0 Å². The van der Waals surface area contributed by atoms with Crippen LogP contribution < -0.4 is 10.2 Å². The largest absolute Gasteiger partial charge is 0.378 e. The molecule has 1 amide bonds. The Kier molecular flexibility index (Phi) is 4.76. The van der Waals surface area contributed by atoms with Gasteiger partial charge in [-0.3, -0.25) is 4.79 Å². The van der Waals surface area contributed by atoms with Crippen LogP contribution in [0.4, 0.5) is 11.4 Å². The quantitative estimate of drug-likeness (QED) is 0.357. The molecule has 33 heavy (non-hydrogen) atoms. The number of fused-ring (bicyclic) bond motifs is 4. The van der Waals surface area contributed by atoms with E-state index in [1.165, 1.54) is 21.9 Å². The molecule has 0 aromatic heterocycles. The summed E-state index contributed by atoms with van der Waals surface area (Å²) in [7, 11) is 1.84. The molecule has 6 rings (SSSR count). The normalized spacial score (nSPS) is 20.7. The topological polar surface area (TPSA) is 32.3 Å². The van der Waals surface area contributed by atoms with E-state index >= 15 is 0 Å². The van der Waals surface area contributed by atoms with Crippen LogP contribution in [0.25, 0.3) is 10.8 Å². The van der Waals surface area contributed by atoms with Gasteiger partial charge in [-0.2, -0.15) is 0 Å². The van der Waals surface area contributed by atoms with Crippen LogP contribution in [0, 0.1) is 5.92 Å². The second-order valence-electron chi connectivity index (χ2n) is 9.05. The molecule has 3 nitrogen and oxygen atoms in total. The highest BCUT2D eigenvalue weighted by Crippen LogP contribution is 2.50. The van der Waals surface area contributed by atoms with E-state index in [1.807, 2.05) is 43.4 Å². The second kappa shape index (κ2) is 7.93. The molecule has 1 aliphatic carbocycles. The van der Waals surface area contributed by atoms with Crippen LogP contribution in [0.15, 0.2) is 103 Å². The third-order valence-corrected chi connectivity index (χ3v) is 7.22. The Morgan fingerprint density at radius 2 is 1.67 bits per heavy atom. The predicted octanol–water partition coefficient (Wildman–Crippen LogP) is 6.94. The van der Waals surface area contributed by atoms with Gasteiger partial charge in [0, 0.05) is 29.9 Å². The maximum absolute atomic E-state index is 13.2. The maximum atomic E-state index is 13.2. The molecule has 1 heterocycles. The van der Waals surface area contributed by atoms with Gasteiger partial charge in [0.05, 0.1) is 6.04 Å². The average Bonchev–Trinajstić information content (AvgIpc) is 3.38. The van der Waals surface area contributed by atoms with Gasteiger partial charge in [-0.05, 0) is 64.6 Å². The molecule has 0 bridgehead atoms. The van der Waals surface area contributed by atoms with Crippen LogP contribution in [0.3, 0.4) is 0 Å². The Labute approximate surface area is 194 Å². The molecule has 2 aliphatic rings. The molecule has 3 heteroatoms. The zero-order valence-electron chi connectivity index (χ0n) is 18.6. The highest BCUT2D eigenvalue weighted by Gasteiger charge is 2.38. The Morgan fingerprint density at radius 3 is 2.55 bits per heavy atom. The van der Waals surface area contributed by atoms with E-state index in [1.54, 1.807) is 4.90 Å². The first kappa shape index (κ1) is 19.8. The number of amides is 1. The molecular weight excluding hydrogens is 404 g/mol. The number of carbonyl (C=O) groups excluding carboxylic acids is 1. The summed E-state index contributed by atoms with van der Waals surface area (Å²) < 4.78 is 0. The minimum absolute atomic E-state index is 0.0127. The number of allylic oxidation sites excluding steroid dienone is 2. The molecule has 1 aliphatic heterocycles. The highest BCUT2D eigenvalue weighted by molar-refractivity contribution is 6.06. The van der Waals surface area contributed by atoms with Gasteiger partial charge in [-0.1, -0.05) is 72.8 Å². The Balaban J connectivity index is 1.38. The van der Waals surface area contributed by atoms with Gasteiger partial charge in [-0.15, -0.1) is 0 Å². The van der Waals surface area contributed by atoms with Crippen LogP contribution >= 0.6 is 0 Å². The summed E-state index contributed by atoms with van der Waals surface area (Å²) in [4.78, 5) is 15.0. The number of hydrogen-bond donors (Lipinski definition) is 1. The van der Waals surface area contributed by atoms with Crippen molar-refractivity contribution in [1.82, 2.24) is 0 Å². The van der Waals surface area contributed by atoms with Crippen molar-refractivity contribution in [1.29, 1.82) is 0 Å². The van der Waals surface area contributed by atoms with Crippen LogP contribution in [-0.4, -0.2) is 13.0 Å². The molecular formula is C30H26N2O. The Bertz CT molecular complexity index is 1370. The Hall–Kier alpha value is -3.85. The van der Waals surface area contributed by atoms with E-state index in [0.717, 1.165) is 23.4 Å². The van der Waals surface area contributed by atoms with Gasteiger partial charge in [0.2, 0.25) is 0 Å². The fraction of sp³-hybridized carbons (Fsp3) is 0.167. The van der Waals surface area contributed by atoms with Gasteiger partial charge < -0.3 is 10.2 Å². The highest BCUT2D eigenvalue weighted by atomic mass is 16.2. The number of nitrogens with zero attached hydrogens (tertiary/aromatic N) is 1. The minimum atomic E-state index is 0.0127. The summed E-state index contributed by atoms with van der Waals surface area (Å²) in [6, 6.07) is 31.4. The van der Waals surface area contributed by atoms with Crippen molar-refractivity contribution in [3.63, 3.8) is 0 Å². The fourth-order valence-electron chi connectivity index (χ4n) is 5.52. The lowest BCUT2D eigenvalue weighted by Gasteiger charge is -2.38. The number of nitrogens with one attached hydrogen (secondary N) is 1. The number of benzene rings is 4. The second-order valence-corrected chi connectivity index (χ2v) is 9.05. The summed E-state index contributed by atoms with van der Waals surface area (Å²) in [6.07, 6.45) is 5.67. The average molecular weight is 431 g/mol. The van der Waals surface area contributed by atoms with Crippen molar-refractivity contribution in [3.05, 3.63) is 120 Å². The summed E-state index contributed by atoms with van der Waals surface area (Å²) in [5, 5.41) is 6.42. The molecule has 4 aromatic rings. The minimum Gasteiger partial charge on any atom is -0.378 e. The first-order chi connectivity index (χ1) is 16.2. The number of hydrogen-bond acceptors (Lipinski definition) is 2. The summed E-state index contributed by atoms with van der Waals surface area (Å²) in [5.74, 6) is 0.749. The van der Waals surface area contributed by atoms with E-state index in [-0.39, 0.29) is 11.9 Å². The van der Waals surface area contributed by atoms with Gasteiger partial charge in [0.1, 0.15) is 0 Å². The predicted molar refractivity (Wildman–Crippen MR) is 136 cm³/mol. The zero-order valence-corrected chi connectivity index (χ0v) is 18.6. The number of rotatable bonds is 3. The van der Waals surface area contributed by atoms with Gasteiger partial charge in [-0.25, -0.2) is 0 Å². The van der Waals surface area contributed by atoms with Crippen molar-refractivity contribution in [2.24, 2.45) is 5.92 Å². The number of carbonyl (C=O) groups is 1. The van der Waals surface area contributed by atoms with Gasteiger partial charge in [0.25, 0.3) is 5.91 Å². The van der Waals surface area contributed by atoms with E-state index in [4.69, 9.17) is 0 Å². The monoisotopic (exact) mass is 430 g/mol. The van der Waals surface area contributed by atoms with E-state index in [0.29, 0.717) is 11.8 Å². The summed E-state index contributed by atoms with van der Waals surface area (Å²) in [6.45, 7) is 0. The van der Waals surface area contributed by atoms with Crippen molar-refractivity contribution >= 4 is 28.1 Å². The fourth-order valence-corrected chi connectivity index (χ4v) is 5.52. The lowest BCUT2D eigenvalue weighted by atomic mass is 9.76. The lowest BCUT2D eigenvalue weighted by Crippen LogP contribution is -2.30. The molecule has 0 radical (unpaired) electrons. The third-order valence-electron chi connectivity index (χ3n) is 7.22.